The molecule has 2 N–H and O–H groups in total. The van der Waals surface area contributed by atoms with Crippen molar-refractivity contribution in [3.8, 4) is 0 Å². The molecule has 0 rings (SSSR count). The van der Waals surface area contributed by atoms with Crippen molar-refractivity contribution in [3.05, 3.63) is 0 Å². The second-order valence-electron chi connectivity index (χ2n) is 0.372. The maximum absolute atomic E-state index is 4.68. The lowest BCUT2D eigenvalue weighted by Crippen LogP contribution is -2.05. The van der Waals surface area contributed by atoms with Gasteiger partial charge in [0.2, 0.25) is 0 Å². The Kier molecular flexibility index (Phi) is 2.97. The maximum atomic E-state index is 4.68. The van der Waals surface area contributed by atoms with E-state index in [0.29, 0.717) is 0 Å². The second kappa shape index (κ2) is 2.98. The molecule has 0 fully saturated rings. The normalized spacial score (nSPS) is 6.50. The molecule has 0 saturated heterocycles. The molecule has 3 heteroatoms. The lowest BCUT2D eigenvalue weighted by atomic mass is 10.3. The summed E-state index contributed by atoms with van der Waals surface area (Å²) < 4.78 is 4.19. The van der Waals surface area contributed by atoms with Crippen molar-refractivity contribution in [3.63, 3.8) is 0 Å². The minimum Gasteiger partial charge on any atom is -0.427 e. The van der Waals surface area contributed by atoms with E-state index >= 15 is 0 Å². The molecule has 0 bridgehead atoms. The molecule has 0 unspecified atom stereocenters. The maximum Gasteiger partial charge on any atom is 0.392 e. The molecule has 0 aliphatic rings. The highest BCUT2D eigenvalue weighted by Gasteiger charge is 1.61. The first kappa shape index (κ1) is 3.98. The molecule has 0 heterocycles. The van der Waals surface area contributed by atoms with Crippen molar-refractivity contribution < 1.29 is 4.65 Å². The molecule has 0 aromatic heterocycles. The molecule has 0 aromatic rings. The predicted octanol–water partition coefficient (Wildman–Crippen LogP) is -0.874. The lowest BCUT2D eigenvalue weighted by Gasteiger charge is -1.72. The lowest BCUT2D eigenvalue weighted by molar-refractivity contribution is 0.443. The highest BCUT2D eigenvalue weighted by molar-refractivity contribution is 6.21. The summed E-state index contributed by atoms with van der Waals surface area (Å²) in [6.07, 6.45) is 0. The van der Waals surface area contributed by atoms with E-state index in [4.69, 9.17) is 0 Å². The molecule has 0 saturated carbocycles. The quantitative estimate of drug-likeness (QED) is 0.397. The molecule has 1 radical (unpaired) electrons. The van der Waals surface area contributed by atoms with Gasteiger partial charge in [-0.05, 0) is 0 Å². The molecular weight excluding hydrogens is 52.8 g/mol. The van der Waals surface area contributed by atoms with E-state index in [9.17, 15) is 0 Å². The van der Waals surface area contributed by atoms with Crippen molar-refractivity contribution in [1.29, 1.82) is 0 Å². The largest absolute Gasteiger partial charge is 0.427 e. The van der Waals surface area contributed by atoms with Crippen LogP contribution < -0.4 is 5.64 Å². The fourth-order valence-corrected chi connectivity index (χ4v) is 0. The standard InChI is InChI=1S/CH5BNO/c1-4-2-3/h3H2,1H3. The summed E-state index contributed by atoms with van der Waals surface area (Å²) in [7, 11) is 2.62. The first-order valence-electron chi connectivity index (χ1n) is 0.977. The smallest absolute Gasteiger partial charge is 0.392 e. The monoisotopic (exact) mass is 58.0 g/mol. The SMILES string of the molecule is CO[B]N. The molecule has 23 valence electrons. The zero-order valence-electron chi connectivity index (χ0n) is 2.56. The average Bonchev–Trinajstić information content (AvgIpc) is 1.37. The molecule has 0 spiro atoms. The molecule has 0 aliphatic heterocycles. The van der Waals surface area contributed by atoms with E-state index in [-0.39, 0.29) is 0 Å². The van der Waals surface area contributed by atoms with Gasteiger partial charge >= 0.3 is 7.62 Å². The van der Waals surface area contributed by atoms with E-state index < -0.39 is 0 Å². The molecule has 4 heavy (non-hydrogen) atoms. The van der Waals surface area contributed by atoms with Gasteiger partial charge < -0.3 is 10.3 Å². The van der Waals surface area contributed by atoms with Crippen LogP contribution >= 0.6 is 0 Å². The fourth-order valence-electron chi connectivity index (χ4n) is 0. The van der Waals surface area contributed by atoms with Gasteiger partial charge in [0.05, 0.1) is 0 Å². The van der Waals surface area contributed by atoms with Crippen LogP contribution in [0.25, 0.3) is 0 Å². The number of rotatable bonds is 1. The van der Waals surface area contributed by atoms with Gasteiger partial charge in [-0.15, -0.1) is 0 Å². The fraction of sp³-hybridized carbons (Fsp3) is 1.00. The van der Waals surface area contributed by atoms with Crippen LogP contribution in [0.1, 0.15) is 0 Å². The third-order valence-electron chi connectivity index (χ3n) is 0.136. The first-order valence-corrected chi connectivity index (χ1v) is 0.977. The Morgan fingerprint density at radius 2 is 2.25 bits per heavy atom. The highest BCUT2D eigenvalue weighted by Crippen LogP contribution is 1.35. The zero-order chi connectivity index (χ0) is 3.41. The van der Waals surface area contributed by atoms with Gasteiger partial charge in [-0.3, -0.25) is 0 Å². The van der Waals surface area contributed by atoms with Crippen LogP contribution in [-0.4, -0.2) is 14.7 Å². The summed E-state index contributed by atoms with van der Waals surface area (Å²) in [5.41, 5.74) is 4.68. The summed E-state index contributed by atoms with van der Waals surface area (Å²) in [6, 6.07) is 0. The number of hydrogen-bond acceptors (Lipinski definition) is 2. The number of hydrogen-bond donors (Lipinski definition) is 1. The van der Waals surface area contributed by atoms with Crippen LogP contribution in [0.4, 0.5) is 0 Å². The third kappa shape index (κ3) is 1.98. The molecule has 0 atom stereocenters. The molecule has 0 amide bonds. The van der Waals surface area contributed by atoms with Crippen molar-refractivity contribution in [2.45, 2.75) is 0 Å². The van der Waals surface area contributed by atoms with Gasteiger partial charge in [-0.1, -0.05) is 0 Å². The summed E-state index contributed by atoms with van der Waals surface area (Å²) in [5.74, 6) is 0. The summed E-state index contributed by atoms with van der Waals surface area (Å²) in [5, 5.41) is 0. The first-order chi connectivity index (χ1) is 1.91. The molecular formula is CH5BNO. The van der Waals surface area contributed by atoms with E-state index in [1.54, 1.807) is 0 Å². The van der Waals surface area contributed by atoms with Crippen LogP contribution in [0.3, 0.4) is 0 Å². The number of nitrogens with two attached hydrogens (primary N) is 1. The van der Waals surface area contributed by atoms with Crippen LogP contribution in [-0.2, 0) is 4.65 Å². The van der Waals surface area contributed by atoms with E-state index in [2.05, 4.69) is 10.3 Å². The van der Waals surface area contributed by atoms with E-state index in [0.717, 1.165) is 7.62 Å². The van der Waals surface area contributed by atoms with E-state index in [1.807, 2.05) is 0 Å². The Balaban J connectivity index is 1.97. The summed E-state index contributed by atoms with van der Waals surface area (Å²) in [6.45, 7) is 0. The zero-order valence-corrected chi connectivity index (χ0v) is 2.56. The Bertz CT molecular complexity index is 10.0. The van der Waals surface area contributed by atoms with Crippen molar-refractivity contribution in [2.75, 3.05) is 7.11 Å². The molecule has 0 aromatic carbocycles. The van der Waals surface area contributed by atoms with Crippen LogP contribution in [0.15, 0.2) is 0 Å². The van der Waals surface area contributed by atoms with Crippen LogP contribution in [0.2, 0.25) is 0 Å². The van der Waals surface area contributed by atoms with Crippen LogP contribution in [0, 0.1) is 0 Å². The Morgan fingerprint density at radius 3 is 2.25 bits per heavy atom. The van der Waals surface area contributed by atoms with Gasteiger partial charge in [0.25, 0.3) is 0 Å². The predicted molar refractivity (Wildman–Crippen MR) is 17.0 cm³/mol. The minimum absolute atomic E-state index is 1.12. The second-order valence-corrected chi connectivity index (χ2v) is 0.372. The van der Waals surface area contributed by atoms with Gasteiger partial charge in [-0.2, -0.15) is 0 Å². The average molecular weight is 57.9 g/mol. The Hall–Kier alpha value is -0.0151. The van der Waals surface area contributed by atoms with Crippen molar-refractivity contribution in [2.24, 2.45) is 5.64 Å². The Morgan fingerprint density at radius 1 is 2.00 bits per heavy atom. The molecule has 0 aliphatic carbocycles. The van der Waals surface area contributed by atoms with E-state index in [1.165, 1.54) is 7.11 Å². The highest BCUT2D eigenvalue weighted by atomic mass is 16.4. The van der Waals surface area contributed by atoms with Crippen LogP contribution in [0.5, 0.6) is 0 Å². The van der Waals surface area contributed by atoms with Crippen molar-refractivity contribution >= 4 is 7.62 Å². The Labute approximate surface area is 26.2 Å². The minimum atomic E-state index is 1.12. The van der Waals surface area contributed by atoms with Gasteiger partial charge in [0, 0.05) is 7.11 Å². The molecule has 2 nitrogen and oxygen atoms in total. The van der Waals surface area contributed by atoms with Gasteiger partial charge in [0.1, 0.15) is 0 Å². The summed E-state index contributed by atoms with van der Waals surface area (Å²) >= 11 is 0. The summed E-state index contributed by atoms with van der Waals surface area (Å²) in [4.78, 5) is 0. The van der Waals surface area contributed by atoms with Crippen molar-refractivity contribution in [1.82, 2.24) is 0 Å². The van der Waals surface area contributed by atoms with Gasteiger partial charge in [-0.25, -0.2) is 0 Å². The van der Waals surface area contributed by atoms with Gasteiger partial charge in [0.15, 0.2) is 0 Å². The topological polar surface area (TPSA) is 35.2 Å². The third-order valence-corrected chi connectivity index (χ3v) is 0.136.